The van der Waals surface area contributed by atoms with Crippen LogP contribution in [0.3, 0.4) is 0 Å². The number of carbonyl (C=O) groups is 1. The minimum atomic E-state index is -0.0240. The van der Waals surface area contributed by atoms with Crippen molar-refractivity contribution < 1.29 is 19.0 Å². The van der Waals surface area contributed by atoms with Crippen LogP contribution in [0.1, 0.15) is 23.3 Å². The Labute approximate surface area is 188 Å². The third kappa shape index (κ3) is 5.40. The van der Waals surface area contributed by atoms with Crippen LogP contribution in [0.5, 0.6) is 11.5 Å². The molecule has 1 atom stereocenters. The molecular weight excluding hydrogens is 412 g/mol. The largest absolute Gasteiger partial charge is 0.489 e. The summed E-state index contributed by atoms with van der Waals surface area (Å²) in [7, 11) is 3.72. The summed E-state index contributed by atoms with van der Waals surface area (Å²) in [5.74, 6) is 2.05. The standard InChI is InChI=1S/C24H32N2O4S/c1-17-6-7-22(31-17)19-11-20-14-26(23(27)16-28-3)9-10-29-24(20)21(12-19)30-15-18-5-4-8-25(2)13-18/h6-7,11-12,18H,4-5,8-10,13-16H2,1-3H3. The van der Waals surface area contributed by atoms with Crippen molar-refractivity contribution in [3.05, 3.63) is 34.7 Å². The molecule has 7 heteroatoms. The molecule has 0 spiro atoms. The lowest BCUT2D eigenvalue weighted by Crippen LogP contribution is -2.34. The van der Waals surface area contributed by atoms with E-state index in [9.17, 15) is 4.79 Å². The van der Waals surface area contributed by atoms with Gasteiger partial charge in [-0.2, -0.15) is 0 Å². The van der Waals surface area contributed by atoms with Crippen LogP contribution in [0.15, 0.2) is 24.3 Å². The van der Waals surface area contributed by atoms with E-state index in [0.29, 0.717) is 32.2 Å². The SMILES string of the molecule is COCC(=O)N1CCOc2c(cc(-c3ccc(C)s3)cc2OCC2CCCN(C)C2)C1. The van der Waals surface area contributed by atoms with E-state index in [4.69, 9.17) is 14.2 Å². The van der Waals surface area contributed by atoms with E-state index in [1.165, 1.54) is 22.6 Å². The molecule has 0 saturated carbocycles. The van der Waals surface area contributed by atoms with Crippen LogP contribution < -0.4 is 9.47 Å². The summed E-state index contributed by atoms with van der Waals surface area (Å²) in [5, 5.41) is 0. The Morgan fingerprint density at radius 3 is 2.90 bits per heavy atom. The summed E-state index contributed by atoms with van der Waals surface area (Å²) in [6, 6.07) is 8.52. The molecule has 1 aromatic carbocycles. The first-order valence-electron chi connectivity index (χ1n) is 11.0. The number of hydrogen-bond donors (Lipinski definition) is 0. The molecule has 6 nitrogen and oxygen atoms in total. The molecule has 2 aromatic rings. The quantitative estimate of drug-likeness (QED) is 0.678. The third-order valence-electron chi connectivity index (χ3n) is 5.94. The average molecular weight is 445 g/mol. The molecule has 0 bridgehead atoms. The first kappa shape index (κ1) is 22.1. The number of hydrogen-bond acceptors (Lipinski definition) is 6. The highest BCUT2D eigenvalue weighted by atomic mass is 32.1. The molecule has 2 aliphatic rings. The van der Waals surface area contributed by atoms with Gasteiger partial charge in [0, 0.05) is 41.4 Å². The normalized spacial score (nSPS) is 19.5. The van der Waals surface area contributed by atoms with Gasteiger partial charge < -0.3 is 24.0 Å². The van der Waals surface area contributed by atoms with E-state index in [1.54, 1.807) is 23.3 Å². The minimum absolute atomic E-state index is 0.0240. The number of rotatable bonds is 6. The number of ether oxygens (including phenoxy) is 3. The lowest BCUT2D eigenvalue weighted by Gasteiger charge is -2.29. The smallest absolute Gasteiger partial charge is 0.248 e. The fourth-order valence-corrected chi connectivity index (χ4v) is 5.22. The summed E-state index contributed by atoms with van der Waals surface area (Å²) in [5.41, 5.74) is 2.10. The maximum Gasteiger partial charge on any atom is 0.248 e. The zero-order chi connectivity index (χ0) is 21.8. The molecule has 0 aliphatic carbocycles. The number of benzene rings is 1. The number of piperidine rings is 1. The lowest BCUT2D eigenvalue weighted by molar-refractivity contribution is -0.135. The molecule has 31 heavy (non-hydrogen) atoms. The van der Waals surface area contributed by atoms with Gasteiger partial charge in [-0.3, -0.25) is 4.79 Å². The van der Waals surface area contributed by atoms with Crippen molar-refractivity contribution in [2.75, 3.05) is 53.6 Å². The number of fused-ring (bicyclic) bond motifs is 1. The number of aryl methyl sites for hydroxylation is 1. The van der Waals surface area contributed by atoms with Crippen LogP contribution in [0, 0.1) is 12.8 Å². The van der Waals surface area contributed by atoms with Gasteiger partial charge in [-0.05, 0) is 63.2 Å². The van der Waals surface area contributed by atoms with Crippen molar-refractivity contribution in [2.24, 2.45) is 5.92 Å². The number of amides is 1. The second kappa shape index (κ2) is 10.0. The summed E-state index contributed by atoms with van der Waals surface area (Å²) >= 11 is 1.76. The van der Waals surface area contributed by atoms with Gasteiger partial charge >= 0.3 is 0 Å². The predicted octanol–water partition coefficient (Wildman–Crippen LogP) is 3.81. The zero-order valence-corrected chi connectivity index (χ0v) is 19.5. The van der Waals surface area contributed by atoms with E-state index in [2.05, 4.69) is 43.1 Å². The van der Waals surface area contributed by atoms with E-state index < -0.39 is 0 Å². The van der Waals surface area contributed by atoms with Gasteiger partial charge in [0.05, 0.1) is 13.2 Å². The van der Waals surface area contributed by atoms with E-state index in [1.807, 2.05) is 0 Å². The van der Waals surface area contributed by atoms with Crippen LogP contribution in [0.2, 0.25) is 0 Å². The average Bonchev–Trinajstić information content (AvgIpc) is 3.06. The summed E-state index contributed by atoms with van der Waals surface area (Å²) in [6.45, 7) is 6.58. The number of thiophene rings is 1. The number of carbonyl (C=O) groups excluding carboxylic acids is 1. The van der Waals surface area contributed by atoms with Gasteiger partial charge in [0.15, 0.2) is 11.5 Å². The van der Waals surface area contributed by atoms with Crippen molar-refractivity contribution in [3.63, 3.8) is 0 Å². The fourth-order valence-electron chi connectivity index (χ4n) is 4.37. The third-order valence-corrected chi connectivity index (χ3v) is 6.99. The molecule has 0 radical (unpaired) electrons. The van der Waals surface area contributed by atoms with E-state index in [0.717, 1.165) is 35.7 Å². The van der Waals surface area contributed by atoms with Gasteiger partial charge in [-0.1, -0.05) is 0 Å². The molecule has 168 valence electrons. The highest BCUT2D eigenvalue weighted by molar-refractivity contribution is 7.15. The van der Waals surface area contributed by atoms with Gasteiger partial charge in [0.2, 0.25) is 5.91 Å². The Hall–Kier alpha value is -2.09. The molecule has 1 unspecified atom stereocenters. The van der Waals surface area contributed by atoms with Gasteiger partial charge in [-0.25, -0.2) is 0 Å². The number of methoxy groups -OCH3 is 1. The Balaban J connectivity index is 1.63. The van der Waals surface area contributed by atoms with Gasteiger partial charge in [0.25, 0.3) is 0 Å². The summed E-state index contributed by atoms with van der Waals surface area (Å²) in [6.07, 6.45) is 2.40. The van der Waals surface area contributed by atoms with Crippen molar-refractivity contribution in [2.45, 2.75) is 26.3 Å². The second-order valence-electron chi connectivity index (χ2n) is 8.55. The van der Waals surface area contributed by atoms with Gasteiger partial charge in [-0.15, -0.1) is 11.3 Å². The molecule has 1 fully saturated rings. The maximum atomic E-state index is 12.5. The highest BCUT2D eigenvalue weighted by Crippen LogP contribution is 2.40. The Bertz CT molecular complexity index is 913. The Morgan fingerprint density at radius 1 is 1.29 bits per heavy atom. The monoisotopic (exact) mass is 444 g/mol. The molecule has 1 aromatic heterocycles. The number of likely N-dealkylation sites (tertiary alicyclic amines) is 1. The highest BCUT2D eigenvalue weighted by Gasteiger charge is 2.25. The molecule has 1 amide bonds. The van der Waals surface area contributed by atoms with Crippen molar-refractivity contribution in [1.82, 2.24) is 9.80 Å². The Kier molecular flexibility index (Phi) is 7.15. The molecular formula is C24H32N2O4S. The minimum Gasteiger partial charge on any atom is -0.489 e. The first-order valence-corrected chi connectivity index (χ1v) is 11.8. The molecule has 1 saturated heterocycles. The zero-order valence-electron chi connectivity index (χ0n) is 18.7. The van der Waals surface area contributed by atoms with Crippen LogP contribution in [-0.2, 0) is 16.1 Å². The number of nitrogens with zero attached hydrogens (tertiary/aromatic N) is 2. The van der Waals surface area contributed by atoms with E-state index >= 15 is 0 Å². The lowest BCUT2D eigenvalue weighted by atomic mass is 9.99. The van der Waals surface area contributed by atoms with Crippen molar-refractivity contribution in [1.29, 1.82) is 0 Å². The molecule has 3 heterocycles. The van der Waals surface area contributed by atoms with Crippen LogP contribution >= 0.6 is 11.3 Å². The maximum absolute atomic E-state index is 12.5. The van der Waals surface area contributed by atoms with Crippen LogP contribution in [-0.4, -0.2) is 69.3 Å². The van der Waals surface area contributed by atoms with Crippen LogP contribution in [0.4, 0.5) is 0 Å². The summed E-state index contributed by atoms with van der Waals surface area (Å²) in [4.78, 5) is 19.1. The first-order chi connectivity index (χ1) is 15.0. The molecule has 2 aliphatic heterocycles. The topological polar surface area (TPSA) is 51.2 Å². The fraction of sp³-hybridized carbons (Fsp3) is 0.542. The van der Waals surface area contributed by atoms with Crippen molar-refractivity contribution in [3.8, 4) is 21.9 Å². The predicted molar refractivity (Wildman–Crippen MR) is 123 cm³/mol. The van der Waals surface area contributed by atoms with Crippen LogP contribution in [0.25, 0.3) is 10.4 Å². The second-order valence-corrected chi connectivity index (χ2v) is 9.84. The van der Waals surface area contributed by atoms with Crippen molar-refractivity contribution >= 4 is 17.2 Å². The summed E-state index contributed by atoms with van der Waals surface area (Å²) < 4.78 is 17.6. The van der Waals surface area contributed by atoms with Gasteiger partial charge in [0.1, 0.15) is 13.2 Å². The van der Waals surface area contributed by atoms with E-state index in [-0.39, 0.29) is 12.5 Å². The Morgan fingerprint density at radius 2 is 2.16 bits per heavy atom. The molecule has 0 N–H and O–H groups in total. The molecule has 4 rings (SSSR count).